The normalized spacial score (nSPS) is 25.3. The van der Waals surface area contributed by atoms with Gasteiger partial charge in [0.2, 0.25) is 5.91 Å². The smallest absolute Gasteiger partial charge is 0.262 e. The van der Waals surface area contributed by atoms with E-state index in [1.54, 1.807) is 10.6 Å². The van der Waals surface area contributed by atoms with Crippen LogP contribution >= 0.6 is 27.7 Å². The number of carbonyl (C=O) groups is 1. The van der Waals surface area contributed by atoms with E-state index in [0.717, 1.165) is 16.3 Å². The fourth-order valence-electron chi connectivity index (χ4n) is 5.11. The molecule has 5 atom stereocenters. The van der Waals surface area contributed by atoms with E-state index >= 15 is 0 Å². The van der Waals surface area contributed by atoms with Gasteiger partial charge in [-0.15, -0.1) is 0 Å². The van der Waals surface area contributed by atoms with Gasteiger partial charge in [-0.25, -0.2) is 4.98 Å². The summed E-state index contributed by atoms with van der Waals surface area (Å²) in [6.45, 7) is 6.49. The maximum absolute atomic E-state index is 12.9. The Labute approximate surface area is 184 Å². The molecule has 1 aromatic heterocycles. The van der Waals surface area contributed by atoms with Crippen molar-refractivity contribution in [1.82, 2.24) is 14.9 Å². The van der Waals surface area contributed by atoms with E-state index in [4.69, 9.17) is 0 Å². The zero-order chi connectivity index (χ0) is 20.7. The Hall–Kier alpha value is -1.34. The number of benzene rings is 1. The number of nitrogens with zero attached hydrogens (tertiary/aromatic N) is 2. The van der Waals surface area contributed by atoms with Crippen LogP contribution in [0.4, 0.5) is 0 Å². The highest BCUT2D eigenvalue weighted by Crippen LogP contribution is 2.49. The van der Waals surface area contributed by atoms with Crippen molar-refractivity contribution >= 4 is 44.5 Å². The van der Waals surface area contributed by atoms with E-state index in [1.165, 1.54) is 37.4 Å². The fourth-order valence-corrected chi connectivity index (χ4v) is 6.45. The first-order valence-electron chi connectivity index (χ1n) is 10.5. The van der Waals surface area contributed by atoms with E-state index in [2.05, 4.69) is 33.2 Å². The molecule has 1 N–H and O–H groups in total. The molecule has 5 nitrogen and oxygen atoms in total. The lowest BCUT2D eigenvalue weighted by atomic mass is 9.84. The third-order valence-electron chi connectivity index (χ3n) is 6.65. The summed E-state index contributed by atoms with van der Waals surface area (Å²) < 4.78 is 2.51. The molecular formula is C22H28BrN3O2S. The van der Waals surface area contributed by atoms with Gasteiger partial charge in [0.1, 0.15) is 0 Å². The molecule has 0 aliphatic heterocycles. The SMILES string of the molecule is CCn1c(SC(C)C(=O)NC(C)C2CC3CCC2C3)nc2ccc(Br)cc2c1=O. The van der Waals surface area contributed by atoms with Crippen LogP contribution in [-0.2, 0) is 11.3 Å². The highest BCUT2D eigenvalue weighted by Gasteiger charge is 2.42. The fraction of sp³-hybridized carbons (Fsp3) is 0.591. The van der Waals surface area contributed by atoms with Crippen LogP contribution < -0.4 is 10.9 Å². The molecule has 1 amide bonds. The minimum atomic E-state index is -0.311. The van der Waals surface area contributed by atoms with Gasteiger partial charge in [0.25, 0.3) is 5.56 Å². The monoisotopic (exact) mass is 477 g/mol. The number of fused-ring (bicyclic) bond motifs is 3. The highest BCUT2D eigenvalue weighted by atomic mass is 79.9. The summed E-state index contributed by atoms with van der Waals surface area (Å²) in [6, 6.07) is 5.73. The van der Waals surface area contributed by atoms with Gasteiger partial charge >= 0.3 is 0 Å². The van der Waals surface area contributed by atoms with E-state index in [9.17, 15) is 9.59 Å². The molecule has 2 saturated carbocycles. The molecule has 4 rings (SSSR count). The largest absolute Gasteiger partial charge is 0.352 e. The summed E-state index contributed by atoms with van der Waals surface area (Å²) in [5.41, 5.74) is 0.595. The molecule has 1 heterocycles. The third kappa shape index (κ3) is 4.13. The van der Waals surface area contributed by atoms with Crippen LogP contribution in [0, 0.1) is 17.8 Å². The first-order valence-corrected chi connectivity index (χ1v) is 12.2. The van der Waals surface area contributed by atoms with Crippen molar-refractivity contribution in [2.75, 3.05) is 0 Å². The maximum atomic E-state index is 12.9. The second-order valence-electron chi connectivity index (χ2n) is 8.50. The van der Waals surface area contributed by atoms with Crippen molar-refractivity contribution in [2.24, 2.45) is 17.8 Å². The minimum absolute atomic E-state index is 0.0260. The number of hydrogen-bond acceptors (Lipinski definition) is 4. The van der Waals surface area contributed by atoms with Gasteiger partial charge in [-0.05, 0) is 76.0 Å². The molecule has 2 aliphatic carbocycles. The van der Waals surface area contributed by atoms with E-state index in [0.29, 0.717) is 28.5 Å². The average Bonchev–Trinajstić information content (AvgIpc) is 3.32. The Bertz CT molecular complexity index is 992. The Morgan fingerprint density at radius 2 is 2.14 bits per heavy atom. The lowest BCUT2D eigenvalue weighted by Crippen LogP contribution is -2.43. The molecule has 0 spiro atoms. The molecule has 0 saturated heterocycles. The van der Waals surface area contributed by atoms with Crippen LogP contribution in [0.25, 0.3) is 10.9 Å². The summed E-state index contributed by atoms with van der Waals surface area (Å²) in [7, 11) is 0. The molecule has 2 bridgehead atoms. The van der Waals surface area contributed by atoms with Crippen molar-refractivity contribution in [3.8, 4) is 0 Å². The highest BCUT2D eigenvalue weighted by molar-refractivity contribution is 9.10. The molecule has 7 heteroatoms. The van der Waals surface area contributed by atoms with Crippen molar-refractivity contribution < 1.29 is 4.79 Å². The number of hydrogen-bond donors (Lipinski definition) is 1. The minimum Gasteiger partial charge on any atom is -0.352 e. The molecule has 29 heavy (non-hydrogen) atoms. The molecule has 5 unspecified atom stereocenters. The lowest BCUT2D eigenvalue weighted by molar-refractivity contribution is -0.121. The topological polar surface area (TPSA) is 64.0 Å². The van der Waals surface area contributed by atoms with Crippen LogP contribution in [0.5, 0.6) is 0 Å². The molecule has 1 aromatic carbocycles. The van der Waals surface area contributed by atoms with E-state index < -0.39 is 0 Å². The van der Waals surface area contributed by atoms with Gasteiger partial charge in [0.15, 0.2) is 5.16 Å². The number of thioether (sulfide) groups is 1. The number of amides is 1. The standard InChI is InChI=1S/C22H28BrN3O2S/c1-4-26-21(28)18-11-16(23)7-8-19(18)25-22(26)29-13(3)20(27)24-12(2)17-10-14-5-6-15(17)9-14/h7-8,11-15,17H,4-6,9-10H2,1-3H3,(H,24,27). The number of carbonyl (C=O) groups excluding carboxylic acids is 1. The van der Waals surface area contributed by atoms with Crippen molar-refractivity contribution in [3.63, 3.8) is 0 Å². The number of rotatable bonds is 6. The predicted octanol–water partition coefficient (Wildman–Crippen LogP) is 4.60. The second-order valence-corrected chi connectivity index (χ2v) is 10.7. The van der Waals surface area contributed by atoms with Crippen molar-refractivity contribution in [2.45, 2.75) is 69.4 Å². The number of aromatic nitrogens is 2. The zero-order valence-corrected chi connectivity index (χ0v) is 19.6. The molecule has 2 fully saturated rings. The molecular weight excluding hydrogens is 450 g/mol. The van der Waals surface area contributed by atoms with Crippen molar-refractivity contribution in [3.05, 3.63) is 33.0 Å². The first kappa shape index (κ1) is 20.9. The summed E-state index contributed by atoms with van der Waals surface area (Å²) in [6.07, 6.45) is 5.28. The van der Waals surface area contributed by atoms with Gasteiger partial charge < -0.3 is 5.32 Å². The van der Waals surface area contributed by atoms with Crippen LogP contribution in [-0.4, -0.2) is 26.8 Å². The lowest BCUT2D eigenvalue weighted by Gasteiger charge is -2.29. The summed E-state index contributed by atoms with van der Waals surface area (Å²) in [4.78, 5) is 30.4. The first-order chi connectivity index (χ1) is 13.9. The molecule has 2 aromatic rings. The number of nitrogens with one attached hydrogen (secondary N) is 1. The summed E-state index contributed by atoms with van der Waals surface area (Å²) in [5.74, 6) is 2.29. The molecule has 0 radical (unpaired) electrons. The summed E-state index contributed by atoms with van der Waals surface area (Å²) in [5, 5.41) is 4.12. The summed E-state index contributed by atoms with van der Waals surface area (Å²) >= 11 is 4.78. The molecule has 156 valence electrons. The van der Waals surface area contributed by atoms with Crippen LogP contribution in [0.1, 0.15) is 46.5 Å². The van der Waals surface area contributed by atoms with Gasteiger partial charge in [0.05, 0.1) is 16.2 Å². The van der Waals surface area contributed by atoms with Gasteiger partial charge in [-0.2, -0.15) is 0 Å². The number of halogens is 1. The van der Waals surface area contributed by atoms with Crippen LogP contribution in [0.3, 0.4) is 0 Å². The van der Waals surface area contributed by atoms with Gasteiger partial charge in [-0.1, -0.05) is 34.1 Å². The Kier molecular flexibility index (Phi) is 6.07. The van der Waals surface area contributed by atoms with Crippen molar-refractivity contribution in [1.29, 1.82) is 0 Å². The van der Waals surface area contributed by atoms with E-state index in [-0.39, 0.29) is 22.8 Å². The van der Waals surface area contributed by atoms with E-state index in [1.807, 2.05) is 26.0 Å². The third-order valence-corrected chi connectivity index (χ3v) is 8.24. The average molecular weight is 478 g/mol. The van der Waals surface area contributed by atoms with Gasteiger partial charge in [0, 0.05) is 17.1 Å². The Morgan fingerprint density at radius 3 is 2.79 bits per heavy atom. The maximum Gasteiger partial charge on any atom is 0.262 e. The zero-order valence-electron chi connectivity index (χ0n) is 17.2. The van der Waals surface area contributed by atoms with Crippen LogP contribution in [0.2, 0.25) is 0 Å². The molecule has 2 aliphatic rings. The Morgan fingerprint density at radius 1 is 1.34 bits per heavy atom. The Balaban J connectivity index is 1.49. The predicted molar refractivity (Wildman–Crippen MR) is 121 cm³/mol. The van der Waals surface area contributed by atoms with Gasteiger partial charge in [-0.3, -0.25) is 14.2 Å². The van der Waals surface area contributed by atoms with Crippen LogP contribution in [0.15, 0.2) is 32.6 Å². The quantitative estimate of drug-likeness (QED) is 0.487. The second kappa shape index (κ2) is 8.42.